The van der Waals surface area contributed by atoms with E-state index in [1.165, 1.54) is 6.08 Å². The lowest BCUT2D eigenvalue weighted by Gasteiger charge is -2.00. The van der Waals surface area contributed by atoms with Gasteiger partial charge in [0.05, 0.1) is 6.61 Å². The summed E-state index contributed by atoms with van der Waals surface area (Å²) in [6.45, 7) is 1.53. The van der Waals surface area contributed by atoms with Crippen molar-refractivity contribution in [1.29, 1.82) is 0 Å². The molecular formula is C8H12O3. The van der Waals surface area contributed by atoms with Gasteiger partial charge < -0.3 is 9.84 Å². The van der Waals surface area contributed by atoms with Gasteiger partial charge in [-0.1, -0.05) is 0 Å². The Labute approximate surface area is 65.7 Å². The largest absolute Gasteiger partial charge is 0.459 e. The van der Waals surface area contributed by atoms with Crippen LogP contribution in [0.1, 0.15) is 19.8 Å². The fourth-order valence-corrected chi connectivity index (χ4v) is 0.650. The highest BCUT2D eigenvalue weighted by Crippen LogP contribution is 2.24. The first-order valence-corrected chi connectivity index (χ1v) is 3.72. The number of hydrogen-bond acceptors (Lipinski definition) is 3. The van der Waals surface area contributed by atoms with Gasteiger partial charge in [0.2, 0.25) is 0 Å². The van der Waals surface area contributed by atoms with Gasteiger partial charge in [-0.25, -0.2) is 4.79 Å². The predicted octanol–water partition coefficient (Wildman–Crippen LogP) is 0.631. The molecule has 0 bridgehead atoms. The fourth-order valence-electron chi connectivity index (χ4n) is 0.650. The van der Waals surface area contributed by atoms with Gasteiger partial charge >= 0.3 is 5.97 Å². The Morgan fingerprint density at radius 3 is 2.82 bits per heavy atom. The Balaban J connectivity index is 2.32. The Morgan fingerprint density at radius 1 is 1.73 bits per heavy atom. The summed E-state index contributed by atoms with van der Waals surface area (Å²) < 4.78 is 4.96. The van der Waals surface area contributed by atoms with Crippen molar-refractivity contribution in [3.8, 4) is 0 Å². The lowest BCUT2D eigenvalue weighted by Crippen LogP contribution is -2.07. The third-order valence-electron chi connectivity index (χ3n) is 1.52. The summed E-state index contributed by atoms with van der Waals surface area (Å²) in [6.07, 6.45) is 3.56. The molecule has 0 unspecified atom stereocenters. The Morgan fingerprint density at radius 2 is 2.36 bits per heavy atom. The van der Waals surface area contributed by atoms with Crippen LogP contribution >= 0.6 is 0 Å². The summed E-state index contributed by atoms with van der Waals surface area (Å²) >= 11 is 0. The van der Waals surface area contributed by atoms with Gasteiger partial charge in [-0.05, 0) is 25.8 Å². The molecule has 1 aliphatic rings. The normalized spacial score (nSPS) is 18.2. The summed E-state index contributed by atoms with van der Waals surface area (Å²) in [5.41, 5.74) is 0.486. The van der Waals surface area contributed by atoms with Crippen molar-refractivity contribution in [2.75, 3.05) is 6.61 Å². The number of carbonyl (C=O) groups is 1. The van der Waals surface area contributed by atoms with Gasteiger partial charge in [0.15, 0.2) is 0 Å². The number of aliphatic hydroxyl groups excluding tert-OH is 1. The molecule has 0 amide bonds. The first kappa shape index (κ1) is 8.27. The Kier molecular flexibility index (Phi) is 2.65. The molecule has 1 N–H and O–H groups in total. The van der Waals surface area contributed by atoms with Crippen LogP contribution in [0.15, 0.2) is 11.6 Å². The molecule has 0 spiro atoms. The van der Waals surface area contributed by atoms with Crippen LogP contribution in [-0.4, -0.2) is 23.8 Å². The van der Waals surface area contributed by atoms with E-state index in [2.05, 4.69) is 0 Å². The molecule has 0 aromatic rings. The maximum atomic E-state index is 11.0. The molecule has 0 aliphatic heterocycles. The summed E-state index contributed by atoms with van der Waals surface area (Å²) in [7, 11) is 0. The van der Waals surface area contributed by atoms with Crippen LogP contribution in [0.5, 0.6) is 0 Å². The number of aliphatic hydroxyl groups is 1. The molecule has 1 saturated carbocycles. The molecule has 3 heteroatoms. The van der Waals surface area contributed by atoms with Gasteiger partial charge in [0.1, 0.15) is 6.10 Å². The van der Waals surface area contributed by atoms with E-state index in [4.69, 9.17) is 9.84 Å². The van der Waals surface area contributed by atoms with Crippen molar-refractivity contribution >= 4 is 5.97 Å². The Hall–Kier alpha value is -0.830. The average Bonchev–Trinajstić information content (AvgIpc) is 2.72. The second-order valence-electron chi connectivity index (χ2n) is 2.67. The maximum absolute atomic E-state index is 11.0. The molecule has 62 valence electrons. The van der Waals surface area contributed by atoms with Crippen LogP contribution < -0.4 is 0 Å². The van der Waals surface area contributed by atoms with E-state index < -0.39 is 0 Å². The third-order valence-corrected chi connectivity index (χ3v) is 1.52. The van der Waals surface area contributed by atoms with E-state index >= 15 is 0 Å². The first-order valence-electron chi connectivity index (χ1n) is 3.72. The molecular weight excluding hydrogens is 144 g/mol. The van der Waals surface area contributed by atoms with Crippen molar-refractivity contribution in [1.82, 2.24) is 0 Å². The molecule has 1 rings (SSSR count). The van der Waals surface area contributed by atoms with Gasteiger partial charge in [0.25, 0.3) is 0 Å². The molecule has 0 aromatic heterocycles. The average molecular weight is 156 g/mol. The van der Waals surface area contributed by atoms with Crippen LogP contribution in [0.2, 0.25) is 0 Å². The van der Waals surface area contributed by atoms with Crippen LogP contribution in [-0.2, 0) is 9.53 Å². The second kappa shape index (κ2) is 3.53. The molecule has 0 saturated heterocycles. The van der Waals surface area contributed by atoms with E-state index in [0.29, 0.717) is 5.57 Å². The van der Waals surface area contributed by atoms with Gasteiger partial charge in [-0.2, -0.15) is 0 Å². The molecule has 0 aromatic carbocycles. The SMILES string of the molecule is C/C(=C\CO)C(=O)OC1CC1. The van der Waals surface area contributed by atoms with Gasteiger partial charge in [0, 0.05) is 5.57 Å². The monoisotopic (exact) mass is 156 g/mol. The minimum atomic E-state index is -0.304. The summed E-state index contributed by atoms with van der Waals surface area (Å²) in [4.78, 5) is 11.0. The lowest BCUT2D eigenvalue weighted by atomic mass is 10.3. The topological polar surface area (TPSA) is 46.5 Å². The highest BCUT2D eigenvalue weighted by atomic mass is 16.5. The van der Waals surface area contributed by atoms with Crippen LogP contribution in [0.25, 0.3) is 0 Å². The molecule has 0 heterocycles. The lowest BCUT2D eigenvalue weighted by molar-refractivity contribution is -0.140. The molecule has 3 nitrogen and oxygen atoms in total. The molecule has 1 aliphatic carbocycles. The standard InChI is InChI=1S/C8H12O3/c1-6(4-5-9)8(10)11-7-2-3-7/h4,7,9H,2-3,5H2,1H3/b6-4+. The molecule has 0 atom stereocenters. The van der Waals surface area contributed by atoms with E-state index in [1.807, 2.05) is 0 Å². The van der Waals surface area contributed by atoms with Gasteiger partial charge in [-0.15, -0.1) is 0 Å². The predicted molar refractivity (Wildman–Crippen MR) is 40.0 cm³/mol. The highest BCUT2D eigenvalue weighted by molar-refractivity contribution is 5.87. The zero-order valence-electron chi connectivity index (χ0n) is 6.54. The Bertz CT molecular complexity index is 180. The van der Waals surface area contributed by atoms with Crippen molar-refractivity contribution in [3.05, 3.63) is 11.6 Å². The van der Waals surface area contributed by atoms with Crippen molar-refractivity contribution in [3.63, 3.8) is 0 Å². The van der Waals surface area contributed by atoms with Crippen molar-refractivity contribution < 1.29 is 14.6 Å². The quantitative estimate of drug-likeness (QED) is 0.481. The number of esters is 1. The number of ether oxygens (including phenoxy) is 1. The van der Waals surface area contributed by atoms with E-state index in [1.54, 1.807) is 6.92 Å². The zero-order chi connectivity index (χ0) is 8.27. The maximum Gasteiger partial charge on any atom is 0.333 e. The fraction of sp³-hybridized carbons (Fsp3) is 0.625. The molecule has 0 radical (unpaired) electrons. The minimum absolute atomic E-state index is 0.106. The molecule has 11 heavy (non-hydrogen) atoms. The smallest absolute Gasteiger partial charge is 0.333 e. The number of hydrogen-bond donors (Lipinski definition) is 1. The highest BCUT2D eigenvalue weighted by Gasteiger charge is 2.26. The van der Waals surface area contributed by atoms with Crippen LogP contribution in [0, 0.1) is 0 Å². The number of rotatable bonds is 3. The first-order chi connectivity index (χ1) is 5.24. The number of carbonyl (C=O) groups excluding carboxylic acids is 1. The summed E-state index contributed by atoms with van der Waals surface area (Å²) in [5, 5.41) is 8.45. The summed E-state index contributed by atoms with van der Waals surface area (Å²) in [5.74, 6) is -0.304. The van der Waals surface area contributed by atoms with E-state index in [-0.39, 0.29) is 18.7 Å². The van der Waals surface area contributed by atoms with E-state index in [0.717, 1.165) is 12.8 Å². The second-order valence-corrected chi connectivity index (χ2v) is 2.67. The van der Waals surface area contributed by atoms with Crippen LogP contribution in [0.4, 0.5) is 0 Å². The van der Waals surface area contributed by atoms with Gasteiger partial charge in [-0.3, -0.25) is 0 Å². The van der Waals surface area contributed by atoms with Crippen LogP contribution in [0.3, 0.4) is 0 Å². The van der Waals surface area contributed by atoms with E-state index in [9.17, 15) is 4.79 Å². The summed E-state index contributed by atoms with van der Waals surface area (Å²) in [6, 6.07) is 0. The molecule has 1 fully saturated rings. The van der Waals surface area contributed by atoms with Crippen molar-refractivity contribution in [2.24, 2.45) is 0 Å². The zero-order valence-corrected chi connectivity index (χ0v) is 6.54. The van der Waals surface area contributed by atoms with Crippen molar-refractivity contribution in [2.45, 2.75) is 25.9 Å². The third kappa shape index (κ3) is 2.72. The minimum Gasteiger partial charge on any atom is -0.459 e.